The Morgan fingerprint density at radius 1 is 1.19 bits per heavy atom. The van der Waals surface area contributed by atoms with Crippen LogP contribution in [-0.2, 0) is 6.54 Å². The number of nitriles is 1. The zero-order valence-electron chi connectivity index (χ0n) is 15.6. The molecule has 0 saturated carbocycles. The number of rotatable bonds is 5. The molecule has 3 aromatic rings. The van der Waals surface area contributed by atoms with Gasteiger partial charge in [0.25, 0.3) is 0 Å². The molecule has 3 heteroatoms. The highest BCUT2D eigenvalue weighted by molar-refractivity contribution is 5.95. The molecule has 0 aliphatic heterocycles. The van der Waals surface area contributed by atoms with Crippen LogP contribution in [0, 0.1) is 25.2 Å². The van der Waals surface area contributed by atoms with Gasteiger partial charge in [0.05, 0.1) is 11.6 Å². The molecule has 3 aromatic carbocycles. The SMILES string of the molecule is C=C/C(C#N)=C/c1c(O)c(CNc2ccc(C)cc2C)cc2ccccc12. The van der Waals surface area contributed by atoms with Gasteiger partial charge in [-0.15, -0.1) is 0 Å². The van der Waals surface area contributed by atoms with Crippen LogP contribution >= 0.6 is 0 Å². The van der Waals surface area contributed by atoms with E-state index in [1.54, 1.807) is 6.08 Å². The Labute approximate surface area is 159 Å². The lowest BCUT2D eigenvalue weighted by Crippen LogP contribution is -2.02. The van der Waals surface area contributed by atoms with E-state index in [1.165, 1.54) is 11.6 Å². The molecule has 0 aliphatic rings. The maximum Gasteiger partial charge on any atom is 0.128 e. The van der Waals surface area contributed by atoms with Crippen molar-refractivity contribution in [1.29, 1.82) is 5.26 Å². The summed E-state index contributed by atoms with van der Waals surface area (Å²) in [5.41, 5.74) is 5.24. The number of aryl methyl sites for hydroxylation is 2. The van der Waals surface area contributed by atoms with Gasteiger partial charge in [-0.3, -0.25) is 0 Å². The summed E-state index contributed by atoms with van der Waals surface area (Å²) in [4.78, 5) is 0. The predicted octanol–water partition coefficient (Wildman–Crippen LogP) is 5.87. The Balaban J connectivity index is 2.05. The highest BCUT2D eigenvalue weighted by Gasteiger charge is 2.12. The summed E-state index contributed by atoms with van der Waals surface area (Å²) < 4.78 is 0. The third-order valence-corrected chi connectivity index (χ3v) is 4.64. The number of benzene rings is 3. The average Bonchev–Trinajstić information content (AvgIpc) is 2.67. The van der Waals surface area contributed by atoms with E-state index in [-0.39, 0.29) is 5.75 Å². The van der Waals surface area contributed by atoms with E-state index < -0.39 is 0 Å². The zero-order chi connectivity index (χ0) is 19.4. The number of anilines is 1. The fourth-order valence-electron chi connectivity index (χ4n) is 3.20. The Hall–Kier alpha value is -3.51. The average molecular weight is 354 g/mol. The van der Waals surface area contributed by atoms with Crippen LogP contribution in [0.25, 0.3) is 16.8 Å². The summed E-state index contributed by atoms with van der Waals surface area (Å²) in [6, 6.07) is 18.2. The third-order valence-electron chi connectivity index (χ3n) is 4.64. The molecule has 134 valence electrons. The van der Waals surface area contributed by atoms with Crippen molar-refractivity contribution in [2.45, 2.75) is 20.4 Å². The fourth-order valence-corrected chi connectivity index (χ4v) is 3.20. The van der Waals surface area contributed by atoms with Crippen molar-refractivity contribution in [3.63, 3.8) is 0 Å². The molecule has 0 amide bonds. The Kier molecular flexibility index (Phi) is 5.28. The first-order chi connectivity index (χ1) is 13.0. The number of aromatic hydroxyl groups is 1. The number of phenolic OH excluding ortho intramolecular Hbond substituents is 1. The van der Waals surface area contributed by atoms with Crippen LogP contribution in [-0.4, -0.2) is 5.11 Å². The third kappa shape index (κ3) is 3.86. The first-order valence-electron chi connectivity index (χ1n) is 8.82. The lowest BCUT2D eigenvalue weighted by molar-refractivity contribution is 0.469. The lowest BCUT2D eigenvalue weighted by atomic mass is 9.97. The van der Waals surface area contributed by atoms with Crippen LogP contribution < -0.4 is 5.32 Å². The maximum atomic E-state index is 10.9. The van der Waals surface area contributed by atoms with Crippen molar-refractivity contribution in [2.75, 3.05) is 5.32 Å². The molecule has 0 unspecified atom stereocenters. The van der Waals surface area contributed by atoms with Crippen molar-refractivity contribution in [3.05, 3.63) is 89.0 Å². The van der Waals surface area contributed by atoms with Crippen molar-refractivity contribution in [3.8, 4) is 11.8 Å². The molecule has 0 aliphatic carbocycles. The molecule has 27 heavy (non-hydrogen) atoms. The molecule has 2 N–H and O–H groups in total. The van der Waals surface area contributed by atoms with Crippen LogP contribution in [0.1, 0.15) is 22.3 Å². The van der Waals surface area contributed by atoms with E-state index >= 15 is 0 Å². The number of hydrogen-bond donors (Lipinski definition) is 2. The second kappa shape index (κ2) is 7.80. The summed E-state index contributed by atoms with van der Waals surface area (Å²) in [6.07, 6.45) is 3.18. The molecule has 0 fully saturated rings. The highest BCUT2D eigenvalue weighted by Crippen LogP contribution is 2.34. The molecule has 0 heterocycles. The summed E-state index contributed by atoms with van der Waals surface area (Å²) in [7, 11) is 0. The number of nitrogens with zero attached hydrogens (tertiary/aromatic N) is 1. The van der Waals surface area contributed by atoms with E-state index in [1.807, 2.05) is 30.3 Å². The molecule has 0 bridgehead atoms. The second-order valence-electron chi connectivity index (χ2n) is 6.61. The van der Waals surface area contributed by atoms with Crippen molar-refractivity contribution in [2.24, 2.45) is 0 Å². The van der Waals surface area contributed by atoms with Crippen LogP contribution in [0.4, 0.5) is 5.69 Å². The van der Waals surface area contributed by atoms with Gasteiger partial charge in [0, 0.05) is 23.4 Å². The Bertz CT molecular complexity index is 1090. The summed E-state index contributed by atoms with van der Waals surface area (Å²) in [5.74, 6) is 0.181. The van der Waals surface area contributed by atoms with E-state index in [0.717, 1.165) is 27.6 Å². The highest BCUT2D eigenvalue weighted by atomic mass is 16.3. The minimum Gasteiger partial charge on any atom is -0.507 e. The van der Waals surface area contributed by atoms with Gasteiger partial charge in [0.1, 0.15) is 5.75 Å². The summed E-state index contributed by atoms with van der Waals surface area (Å²) >= 11 is 0. The van der Waals surface area contributed by atoms with Crippen LogP contribution in [0.2, 0.25) is 0 Å². The minimum atomic E-state index is 0.181. The quantitative estimate of drug-likeness (QED) is 0.445. The molecule has 3 nitrogen and oxygen atoms in total. The van der Waals surface area contributed by atoms with E-state index in [0.29, 0.717) is 17.7 Å². The topological polar surface area (TPSA) is 56.0 Å². The fraction of sp³-hybridized carbons (Fsp3) is 0.125. The first kappa shape index (κ1) is 18.3. The van der Waals surface area contributed by atoms with E-state index in [2.05, 4.69) is 50.0 Å². The monoisotopic (exact) mass is 354 g/mol. The number of fused-ring (bicyclic) bond motifs is 1. The molecular weight excluding hydrogens is 332 g/mol. The van der Waals surface area contributed by atoms with Gasteiger partial charge in [0.2, 0.25) is 0 Å². The lowest BCUT2D eigenvalue weighted by Gasteiger charge is -2.15. The van der Waals surface area contributed by atoms with Crippen LogP contribution in [0.3, 0.4) is 0 Å². The van der Waals surface area contributed by atoms with Crippen molar-refractivity contribution < 1.29 is 5.11 Å². The van der Waals surface area contributed by atoms with Crippen LogP contribution in [0.5, 0.6) is 5.75 Å². The Morgan fingerprint density at radius 2 is 1.96 bits per heavy atom. The number of hydrogen-bond acceptors (Lipinski definition) is 3. The standard InChI is InChI=1S/C24H22N2O/c1-4-18(14-25)12-22-21-8-6-5-7-19(21)13-20(24(22)27)15-26-23-10-9-16(2)11-17(23)3/h4-13,26-27H,1,15H2,2-3H3/b18-12-. The van der Waals surface area contributed by atoms with Gasteiger partial charge in [-0.1, -0.05) is 54.6 Å². The zero-order valence-corrected chi connectivity index (χ0v) is 15.6. The van der Waals surface area contributed by atoms with E-state index in [4.69, 9.17) is 0 Å². The van der Waals surface area contributed by atoms with Gasteiger partial charge in [-0.2, -0.15) is 5.26 Å². The maximum absolute atomic E-state index is 10.9. The van der Waals surface area contributed by atoms with Crippen molar-refractivity contribution >= 4 is 22.5 Å². The first-order valence-corrected chi connectivity index (χ1v) is 8.82. The largest absolute Gasteiger partial charge is 0.507 e. The molecule has 0 aromatic heterocycles. The van der Waals surface area contributed by atoms with Crippen molar-refractivity contribution in [1.82, 2.24) is 0 Å². The van der Waals surface area contributed by atoms with Gasteiger partial charge >= 0.3 is 0 Å². The van der Waals surface area contributed by atoms with Gasteiger partial charge < -0.3 is 10.4 Å². The molecule has 0 radical (unpaired) electrons. The minimum absolute atomic E-state index is 0.181. The molecule has 0 atom stereocenters. The molecule has 0 spiro atoms. The normalized spacial score (nSPS) is 11.2. The van der Waals surface area contributed by atoms with Crippen LogP contribution in [0.15, 0.2) is 66.8 Å². The van der Waals surface area contributed by atoms with Gasteiger partial charge in [-0.05, 0) is 48.4 Å². The van der Waals surface area contributed by atoms with Gasteiger partial charge in [0.15, 0.2) is 0 Å². The van der Waals surface area contributed by atoms with E-state index in [9.17, 15) is 10.4 Å². The number of phenols is 1. The second-order valence-corrected chi connectivity index (χ2v) is 6.61. The molecule has 3 rings (SSSR count). The number of nitrogens with one attached hydrogen (secondary N) is 1. The number of allylic oxidation sites excluding steroid dienone is 2. The molecule has 0 saturated heterocycles. The Morgan fingerprint density at radius 3 is 2.67 bits per heavy atom. The molecular formula is C24H22N2O. The smallest absolute Gasteiger partial charge is 0.128 e. The summed E-state index contributed by atoms with van der Waals surface area (Å²) in [6.45, 7) is 8.28. The van der Waals surface area contributed by atoms with Gasteiger partial charge in [-0.25, -0.2) is 0 Å². The predicted molar refractivity (Wildman–Crippen MR) is 113 cm³/mol. The summed E-state index contributed by atoms with van der Waals surface area (Å²) in [5, 5.41) is 25.5.